The molecule has 4 heteroatoms. The third-order valence-corrected chi connectivity index (χ3v) is 3.75. The van der Waals surface area contributed by atoms with Gasteiger partial charge >= 0.3 is 0 Å². The number of anilines is 1. The summed E-state index contributed by atoms with van der Waals surface area (Å²) in [5.41, 5.74) is -0.212. The second kappa shape index (κ2) is 3.17. The zero-order chi connectivity index (χ0) is 11.2. The van der Waals surface area contributed by atoms with Crippen molar-refractivity contribution in [3.63, 3.8) is 0 Å². The summed E-state index contributed by atoms with van der Waals surface area (Å²) >= 11 is 1.38. The minimum Gasteiger partial charge on any atom is -0.371 e. The first-order valence-electron chi connectivity index (χ1n) is 4.90. The van der Waals surface area contributed by atoms with Crippen molar-refractivity contribution < 1.29 is 9.90 Å². The van der Waals surface area contributed by atoms with Crippen LogP contribution in [0.15, 0.2) is 41.8 Å². The molecule has 0 fully saturated rings. The van der Waals surface area contributed by atoms with Gasteiger partial charge in [-0.2, -0.15) is 0 Å². The highest BCUT2D eigenvalue weighted by Gasteiger charge is 2.47. The molecule has 0 bridgehead atoms. The largest absolute Gasteiger partial charge is 0.371 e. The summed E-state index contributed by atoms with van der Waals surface area (Å²) in [5.74, 6) is -0.379. The van der Waals surface area contributed by atoms with Gasteiger partial charge in [-0.1, -0.05) is 24.3 Å². The molecule has 2 N–H and O–H groups in total. The molecule has 1 aliphatic rings. The van der Waals surface area contributed by atoms with Crippen molar-refractivity contribution in [2.75, 3.05) is 5.32 Å². The Labute approximate surface area is 96.4 Å². The second-order valence-electron chi connectivity index (χ2n) is 3.69. The van der Waals surface area contributed by atoms with E-state index in [1.54, 1.807) is 18.2 Å². The summed E-state index contributed by atoms with van der Waals surface area (Å²) in [6, 6.07) is 10.8. The average Bonchev–Trinajstić information content (AvgIpc) is 2.89. The molecule has 0 saturated carbocycles. The fourth-order valence-electron chi connectivity index (χ4n) is 1.97. The van der Waals surface area contributed by atoms with Crippen LogP contribution in [0.1, 0.15) is 10.4 Å². The van der Waals surface area contributed by atoms with Gasteiger partial charge in [-0.3, -0.25) is 4.79 Å². The van der Waals surface area contributed by atoms with E-state index in [0.717, 1.165) is 0 Å². The first kappa shape index (κ1) is 9.57. The molecule has 1 aliphatic heterocycles. The summed E-state index contributed by atoms with van der Waals surface area (Å²) in [7, 11) is 0. The molecule has 1 amide bonds. The van der Waals surface area contributed by atoms with E-state index in [1.165, 1.54) is 11.3 Å². The third kappa shape index (κ3) is 1.08. The zero-order valence-electron chi connectivity index (χ0n) is 8.31. The van der Waals surface area contributed by atoms with Crippen LogP contribution in [0.3, 0.4) is 0 Å². The van der Waals surface area contributed by atoms with Gasteiger partial charge in [-0.15, -0.1) is 11.3 Å². The summed E-state index contributed by atoms with van der Waals surface area (Å²) in [4.78, 5) is 12.5. The van der Waals surface area contributed by atoms with Crippen LogP contribution in [-0.2, 0) is 10.4 Å². The fourth-order valence-corrected chi connectivity index (χ4v) is 2.81. The predicted octanol–water partition coefficient (Wildman–Crippen LogP) is 1.94. The van der Waals surface area contributed by atoms with Crippen LogP contribution in [0, 0.1) is 0 Å². The van der Waals surface area contributed by atoms with E-state index < -0.39 is 5.60 Å². The first-order chi connectivity index (χ1) is 7.73. The molecular weight excluding hydrogens is 222 g/mol. The Morgan fingerprint density at radius 3 is 2.75 bits per heavy atom. The number of amides is 1. The molecule has 2 heterocycles. The quantitative estimate of drug-likeness (QED) is 0.788. The molecule has 1 atom stereocenters. The lowest BCUT2D eigenvalue weighted by molar-refractivity contribution is -0.129. The van der Waals surface area contributed by atoms with Crippen LogP contribution in [0.25, 0.3) is 0 Å². The minimum atomic E-state index is -1.52. The molecule has 0 spiro atoms. The van der Waals surface area contributed by atoms with E-state index in [-0.39, 0.29) is 5.91 Å². The first-order valence-corrected chi connectivity index (χ1v) is 5.78. The van der Waals surface area contributed by atoms with Crippen molar-refractivity contribution in [3.8, 4) is 0 Å². The maximum Gasteiger partial charge on any atom is 0.266 e. The van der Waals surface area contributed by atoms with Gasteiger partial charge in [0.25, 0.3) is 5.91 Å². The van der Waals surface area contributed by atoms with Crippen molar-refractivity contribution in [1.82, 2.24) is 0 Å². The Kier molecular flexibility index (Phi) is 1.89. The molecule has 80 valence electrons. The zero-order valence-corrected chi connectivity index (χ0v) is 9.12. The van der Waals surface area contributed by atoms with Crippen LogP contribution < -0.4 is 5.32 Å². The van der Waals surface area contributed by atoms with Gasteiger partial charge in [0, 0.05) is 11.3 Å². The number of para-hydroxylation sites is 1. The van der Waals surface area contributed by atoms with Crippen LogP contribution in [0.5, 0.6) is 0 Å². The van der Waals surface area contributed by atoms with Gasteiger partial charge in [0.2, 0.25) is 5.60 Å². The number of nitrogens with one attached hydrogen (secondary N) is 1. The number of carbonyl (C=O) groups is 1. The maximum absolute atomic E-state index is 11.9. The smallest absolute Gasteiger partial charge is 0.266 e. The van der Waals surface area contributed by atoms with Gasteiger partial charge < -0.3 is 10.4 Å². The monoisotopic (exact) mass is 231 g/mol. The van der Waals surface area contributed by atoms with Crippen molar-refractivity contribution in [2.45, 2.75) is 5.60 Å². The molecule has 3 nitrogen and oxygen atoms in total. The molecule has 16 heavy (non-hydrogen) atoms. The normalized spacial score (nSPS) is 22.9. The molecule has 0 aliphatic carbocycles. The van der Waals surface area contributed by atoms with Crippen molar-refractivity contribution in [3.05, 3.63) is 52.2 Å². The van der Waals surface area contributed by atoms with Gasteiger partial charge in [0.1, 0.15) is 0 Å². The highest BCUT2D eigenvalue weighted by molar-refractivity contribution is 7.10. The van der Waals surface area contributed by atoms with Crippen molar-refractivity contribution >= 4 is 22.9 Å². The predicted molar refractivity (Wildman–Crippen MR) is 62.4 cm³/mol. The summed E-state index contributed by atoms with van der Waals surface area (Å²) < 4.78 is 0. The molecule has 0 radical (unpaired) electrons. The van der Waals surface area contributed by atoms with Crippen LogP contribution >= 0.6 is 11.3 Å². The second-order valence-corrected chi connectivity index (χ2v) is 4.64. The Hall–Kier alpha value is -1.65. The van der Waals surface area contributed by atoms with E-state index in [9.17, 15) is 9.90 Å². The molecule has 0 saturated heterocycles. The van der Waals surface area contributed by atoms with E-state index in [2.05, 4.69) is 5.32 Å². The number of thiophene rings is 1. The molecule has 0 unspecified atom stereocenters. The highest BCUT2D eigenvalue weighted by atomic mass is 32.1. The Morgan fingerprint density at radius 1 is 1.19 bits per heavy atom. The van der Waals surface area contributed by atoms with Crippen LogP contribution in [-0.4, -0.2) is 11.0 Å². The summed E-state index contributed by atoms with van der Waals surface area (Å²) in [6.07, 6.45) is 0. The molecular formula is C12H9NO2S. The molecule has 3 rings (SSSR count). The topological polar surface area (TPSA) is 49.3 Å². The number of fused-ring (bicyclic) bond motifs is 1. The Morgan fingerprint density at radius 2 is 2.00 bits per heavy atom. The Balaban J connectivity index is 2.25. The summed E-state index contributed by atoms with van der Waals surface area (Å²) in [6.45, 7) is 0. The Bertz CT molecular complexity index is 550. The van der Waals surface area contributed by atoms with Gasteiger partial charge in [-0.05, 0) is 17.5 Å². The van der Waals surface area contributed by atoms with Gasteiger partial charge in [0.05, 0.1) is 4.88 Å². The van der Waals surface area contributed by atoms with Crippen molar-refractivity contribution in [1.29, 1.82) is 0 Å². The summed E-state index contributed by atoms with van der Waals surface area (Å²) in [5, 5.41) is 15.1. The maximum atomic E-state index is 11.9. The van der Waals surface area contributed by atoms with Gasteiger partial charge in [-0.25, -0.2) is 0 Å². The van der Waals surface area contributed by atoms with Crippen LogP contribution in [0.2, 0.25) is 0 Å². The van der Waals surface area contributed by atoms with E-state index in [1.807, 2.05) is 23.6 Å². The van der Waals surface area contributed by atoms with E-state index in [0.29, 0.717) is 16.1 Å². The number of benzene rings is 1. The van der Waals surface area contributed by atoms with Gasteiger partial charge in [0.15, 0.2) is 0 Å². The lowest BCUT2D eigenvalue weighted by Crippen LogP contribution is -2.34. The number of hydrogen-bond donors (Lipinski definition) is 2. The molecule has 2 aromatic rings. The molecule has 1 aromatic carbocycles. The van der Waals surface area contributed by atoms with E-state index >= 15 is 0 Å². The highest BCUT2D eigenvalue weighted by Crippen LogP contribution is 2.42. The standard InChI is InChI=1S/C12H9NO2S/c14-11-12(15,10-6-3-7-16-10)8-4-1-2-5-9(8)13-11/h1-7,15H,(H,13,14)/t12-/m1/s1. The average molecular weight is 231 g/mol. The number of rotatable bonds is 1. The van der Waals surface area contributed by atoms with Crippen LogP contribution in [0.4, 0.5) is 5.69 Å². The fraction of sp³-hybridized carbons (Fsp3) is 0.0833. The SMILES string of the molecule is O=C1Nc2ccccc2[C@@]1(O)c1cccs1. The lowest BCUT2D eigenvalue weighted by Gasteiger charge is -2.18. The number of aliphatic hydroxyl groups is 1. The van der Waals surface area contributed by atoms with Crippen molar-refractivity contribution in [2.24, 2.45) is 0 Å². The third-order valence-electron chi connectivity index (χ3n) is 2.77. The lowest BCUT2D eigenvalue weighted by atomic mass is 9.94. The minimum absolute atomic E-state index is 0.379. The van der Waals surface area contributed by atoms with E-state index in [4.69, 9.17) is 0 Å². The number of hydrogen-bond acceptors (Lipinski definition) is 3. The molecule has 1 aromatic heterocycles. The number of carbonyl (C=O) groups excluding carboxylic acids is 1.